The van der Waals surface area contributed by atoms with Crippen LogP contribution >= 0.6 is 0 Å². The number of hydrogen-bond acceptors (Lipinski definition) is 2. The van der Waals surface area contributed by atoms with Gasteiger partial charge in [0.25, 0.3) is 0 Å². The summed E-state index contributed by atoms with van der Waals surface area (Å²) in [6.45, 7) is 6.50. The molecule has 0 aromatic heterocycles. The molecule has 0 aromatic carbocycles. The molecule has 0 N–H and O–H groups in total. The quantitative estimate of drug-likeness (QED) is 0.638. The van der Waals surface area contributed by atoms with Crippen LogP contribution in [-0.2, 0) is 9.53 Å². The third-order valence-corrected chi connectivity index (χ3v) is 4.14. The van der Waals surface area contributed by atoms with Crippen molar-refractivity contribution in [3.8, 4) is 0 Å². The Morgan fingerprint density at radius 1 is 1.31 bits per heavy atom. The minimum absolute atomic E-state index is 0.149. The van der Waals surface area contributed by atoms with Gasteiger partial charge in [-0.3, -0.25) is 4.79 Å². The highest BCUT2D eigenvalue weighted by molar-refractivity contribution is 5.84. The molecule has 0 heterocycles. The van der Waals surface area contributed by atoms with Crippen LogP contribution in [0.2, 0.25) is 0 Å². The highest BCUT2D eigenvalue weighted by Crippen LogP contribution is 2.46. The van der Waals surface area contributed by atoms with E-state index in [9.17, 15) is 4.79 Å². The molecule has 3 atom stereocenters. The van der Waals surface area contributed by atoms with Gasteiger partial charge < -0.3 is 4.74 Å². The predicted molar refractivity (Wildman–Crippen MR) is 64.2 cm³/mol. The number of fused-ring (bicyclic) bond motifs is 1. The minimum atomic E-state index is -0.172. The van der Waals surface area contributed by atoms with E-state index in [4.69, 9.17) is 4.74 Å². The highest BCUT2D eigenvalue weighted by atomic mass is 16.5. The molecule has 0 aliphatic heterocycles. The van der Waals surface area contributed by atoms with Gasteiger partial charge in [0, 0.05) is 19.4 Å². The van der Waals surface area contributed by atoms with Crippen molar-refractivity contribution in [3.63, 3.8) is 0 Å². The second kappa shape index (κ2) is 3.69. The van der Waals surface area contributed by atoms with E-state index in [1.807, 2.05) is 0 Å². The summed E-state index contributed by atoms with van der Waals surface area (Å²) in [5, 5.41) is 0. The Morgan fingerprint density at radius 3 is 2.62 bits per heavy atom. The molecule has 2 nitrogen and oxygen atoms in total. The number of rotatable bonds is 1. The topological polar surface area (TPSA) is 26.3 Å². The first kappa shape index (κ1) is 11.8. The highest BCUT2D eigenvalue weighted by Gasteiger charge is 2.44. The average Bonchev–Trinajstić information content (AvgIpc) is 2.15. The van der Waals surface area contributed by atoms with Gasteiger partial charge in [0.05, 0.1) is 5.60 Å². The standard InChI is InChI=1S/C14H22O2/c1-13(2)7-10-8-14(3,16-4)6-5-11(10)12(15)9-13/h5-6,10-11H,7-9H2,1-4H3/t10-,11?,14+/m1/s1. The van der Waals surface area contributed by atoms with E-state index >= 15 is 0 Å². The molecule has 90 valence electrons. The zero-order valence-corrected chi connectivity index (χ0v) is 10.7. The first-order chi connectivity index (χ1) is 7.35. The fourth-order valence-corrected chi connectivity index (χ4v) is 3.27. The molecule has 2 rings (SSSR count). The summed E-state index contributed by atoms with van der Waals surface area (Å²) in [6, 6.07) is 0. The van der Waals surface area contributed by atoms with Crippen LogP contribution in [0.5, 0.6) is 0 Å². The van der Waals surface area contributed by atoms with Gasteiger partial charge in [0.1, 0.15) is 5.78 Å². The number of allylic oxidation sites excluding steroid dienone is 1. The monoisotopic (exact) mass is 222 g/mol. The zero-order chi connectivity index (χ0) is 12.0. The van der Waals surface area contributed by atoms with Crippen molar-refractivity contribution >= 4 is 5.78 Å². The summed E-state index contributed by atoms with van der Waals surface area (Å²) in [5.74, 6) is 1.03. The molecular formula is C14H22O2. The molecule has 2 aliphatic rings. The van der Waals surface area contributed by atoms with E-state index in [0.717, 1.165) is 19.3 Å². The molecule has 0 bridgehead atoms. The van der Waals surface area contributed by atoms with Gasteiger partial charge in [-0.25, -0.2) is 0 Å². The lowest BCUT2D eigenvalue weighted by Crippen LogP contribution is -2.43. The summed E-state index contributed by atoms with van der Waals surface area (Å²) < 4.78 is 5.53. The number of Topliss-reactive ketones (excluding diaryl/α,β-unsaturated/α-hetero) is 1. The van der Waals surface area contributed by atoms with Gasteiger partial charge in [0.15, 0.2) is 0 Å². The van der Waals surface area contributed by atoms with E-state index in [-0.39, 0.29) is 16.9 Å². The van der Waals surface area contributed by atoms with Crippen LogP contribution in [0, 0.1) is 17.3 Å². The second-order valence-corrected chi connectivity index (χ2v) is 6.38. The maximum atomic E-state index is 12.1. The lowest BCUT2D eigenvalue weighted by Gasteiger charge is -2.44. The Kier molecular flexibility index (Phi) is 2.73. The summed E-state index contributed by atoms with van der Waals surface area (Å²) in [7, 11) is 1.75. The molecule has 2 heteroatoms. The molecular weight excluding hydrogens is 200 g/mol. The van der Waals surface area contributed by atoms with Crippen molar-refractivity contribution in [1.29, 1.82) is 0 Å². The third-order valence-electron chi connectivity index (χ3n) is 4.14. The lowest BCUT2D eigenvalue weighted by atomic mass is 9.62. The smallest absolute Gasteiger partial charge is 0.140 e. The van der Waals surface area contributed by atoms with Crippen LogP contribution in [0.15, 0.2) is 12.2 Å². The molecule has 0 amide bonds. The van der Waals surface area contributed by atoms with E-state index in [2.05, 4.69) is 32.9 Å². The van der Waals surface area contributed by atoms with Gasteiger partial charge in [-0.05, 0) is 31.1 Å². The Balaban J connectivity index is 2.23. The normalized spacial score (nSPS) is 41.9. The van der Waals surface area contributed by atoms with Gasteiger partial charge >= 0.3 is 0 Å². The molecule has 1 fully saturated rings. The largest absolute Gasteiger partial charge is 0.374 e. The predicted octanol–water partition coefficient (Wildman–Crippen LogP) is 2.97. The minimum Gasteiger partial charge on any atom is -0.374 e. The van der Waals surface area contributed by atoms with Crippen molar-refractivity contribution in [1.82, 2.24) is 0 Å². The second-order valence-electron chi connectivity index (χ2n) is 6.38. The van der Waals surface area contributed by atoms with Crippen LogP contribution in [0.1, 0.15) is 40.0 Å². The van der Waals surface area contributed by atoms with Gasteiger partial charge in [-0.2, -0.15) is 0 Å². The average molecular weight is 222 g/mol. The van der Waals surface area contributed by atoms with Crippen molar-refractivity contribution in [2.24, 2.45) is 17.3 Å². The molecule has 0 radical (unpaired) electrons. The van der Waals surface area contributed by atoms with Crippen molar-refractivity contribution in [2.75, 3.05) is 7.11 Å². The molecule has 0 aromatic rings. The van der Waals surface area contributed by atoms with Gasteiger partial charge in [0.2, 0.25) is 0 Å². The Bertz CT molecular complexity index is 330. The molecule has 1 saturated carbocycles. The number of ketones is 1. The summed E-state index contributed by atoms with van der Waals surface area (Å²) in [5.41, 5.74) is -0.00700. The molecule has 1 unspecified atom stereocenters. The van der Waals surface area contributed by atoms with E-state index in [0.29, 0.717) is 11.7 Å². The lowest BCUT2D eigenvalue weighted by molar-refractivity contribution is -0.130. The van der Waals surface area contributed by atoms with Crippen molar-refractivity contribution < 1.29 is 9.53 Å². The summed E-state index contributed by atoms with van der Waals surface area (Å²) >= 11 is 0. The van der Waals surface area contributed by atoms with Crippen molar-refractivity contribution in [3.05, 3.63) is 12.2 Å². The van der Waals surface area contributed by atoms with Crippen LogP contribution in [0.3, 0.4) is 0 Å². The van der Waals surface area contributed by atoms with E-state index < -0.39 is 0 Å². The molecule has 2 aliphatic carbocycles. The zero-order valence-electron chi connectivity index (χ0n) is 10.7. The van der Waals surface area contributed by atoms with Crippen LogP contribution in [0.4, 0.5) is 0 Å². The molecule has 0 spiro atoms. The van der Waals surface area contributed by atoms with E-state index in [1.165, 1.54) is 0 Å². The summed E-state index contributed by atoms with van der Waals surface area (Å²) in [6.07, 6.45) is 6.98. The van der Waals surface area contributed by atoms with Crippen molar-refractivity contribution in [2.45, 2.75) is 45.6 Å². The fraction of sp³-hybridized carbons (Fsp3) is 0.786. The Hall–Kier alpha value is -0.630. The fourth-order valence-electron chi connectivity index (χ4n) is 3.27. The van der Waals surface area contributed by atoms with Crippen LogP contribution < -0.4 is 0 Å². The number of carbonyl (C=O) groups is 1. The Labute approximate surface area is 98.1 Å². The molecule has 16 heavy (non-hydrogen) atoms. The van der Waals surface area contributed by atoms with Crippen LogP contribution in [-0.4, -0.2) is 18.5 Å². The Morgan fingerprint density at radius 2 is 2.00 bits per heavy atom. The third kappa shape index (κ3) is 2.08. The first-order valence-electron chi connectivity index (χ1n) is 6.12. The van der Waals surface area contributed by atoms with E-state index in [1.54, 1.807) is 7.11 Å². The number of hydrogen-bond donors (Lipinski definition) is 0. The maximum absolute atomic E-state index is 12.1. The number of carbonyl (C=O) groups excluding carboxylic acids is 1. The van der Waals surface area contributed by atoms with Gasteiger partial charge in [-0.15, -0.1) is 0 Å². The summed E-state index contributed by atoms with van der Waals surface area (Å²) in [4.78, 5) is 12.1. The first-order valence-corrected chi connectivity index (χ1v) is 6.12. The van der Waals surface area contributed by atoms with Crippen LogP contribution in [0.25, 0.3) is 0 Å². The SMILES string of the molecule is CO[C@@]1(C)C=CC2C(=O)CC(C)(C)C[C@@H]2C1. The molecule has 0 saturated heterocycles. The number of methoxy groups -OCH3 is 1. The number of ether oxygens (including phenoxy) is 1. The maximum Gasteiger partial charge on any atom is 0.140 e. The van der Waals surface area contributed by atoms with Gasteiger partial charge in [-0.1, -0.05) is 26.0 Å².